The molecule has 0 radical (unpaired) electrons. The molecule has 1 aliphatic rings. The molecule has 0 amide bonds. The van der Waals surface area contributed by atoms with Crippen molar-refractivity contribution in [2.24, 2.45) is 0 Å². The van der Waals surface area contributed by atoms with Crippen molar-refractivity contribution in [2.45, 2.75) is 31.8 Å². The van der Waals surface area contributed by atoms with E-state index < -0.39 is 0 Å². The first kappa shape index (κ1) is 18.8. The summed E-state index contributed by atoms with van der Waals surface area (Å²) in [5.41, 5.74) is 4.47. The van der Waals surface area contributed by atoms with Gasteiger partial charge in [0.05, 0.1) is 11.9 Å². The van der Waals surface area contributed by atoms with E-state index in [0.29, 0.717) is 5.92 Å². The molecule has 1 atom stereocenters. The molecule has 1 fully saturated rings. The zero-order valence-corrected chi connectivity index (χ0v) is 17.0. The highest BCUT2D eigenvalue weighted by Gasteiger charge is 2.24. The summed E-state index contributed by atoms with van der Waals surface area (Å²) in [6.07, 6.45) is 8.12. The monoisotopic (exact) mass is 398 g/mol. The average Bonchev–Trinajstić information content (AvgIpc) is 3.23. The van der Waals surface area contributed by atoms with Gasteiger partial charge in [0.2, 0.25) is 0 Å². The Morgan fingerprint density at radius 3 is 2.77 bits per heavy atom. The summed E-state index contributed by atoms with van der Waals surface area (Å²) in [4.78, 5) is 11.6. The van der Waals surface area contributed by atoms with Gasteiger partial charge in [-0.15, -0.1) is 0 Å². The van der Waals surface area contributed by atoms with Crippen molar-refractivity contribution in [3.8, 4) is 0 Å². The number of likely N-dealkylation sites (tertiary alicyclic amines) is 1. The molecule has 1 N–H and O–H groups in total. The molecule has 1 aromatic carbocycles. The molecule has 4 heterocycles. The van der Waals surface area contributed by atoms with Crippen LogP contribution in [0.15, 0.2) is 73.2 Å². The minimum Gasteiger partial charge on any atom is -0.380 e. The summed E-state index contributed by atoms with van der Waals surface area (Å²) in [6.45, 7) is 3.84. The maximum Gasteiger partial charge on any atom is 0.156 e. The Morgan fingerprint density at radius 2 is 1.90 bits per heavy atom. The van der Waals surface area contributed by atoms with Gasteiger partial charge in [-0.05, 0) is 48.7 Å². The quantitative estimate of drug-likeness (QED) is 0.530. The van der Waals surface area contributed by atoms with Gasteiger partial charge in [-0.25, -0.2) is 9.50 Å². The van der Waals surface area contributed by atoms with Crippen molar-refractivity contribution in [2.75, 3.05) is 18.4 Å². The first-order valence-electron chi connectivity index (χ1n) is 10.6. The van der Waals surface area contributed by atoms with Gasteiger partial charge < -0.3 is 5.32 Å². The van der Waals surface area contributed by atoms with Crippen LogP contribution < -0.4 is 5.32 Å². The number of fused-ring (bicyclic) bond motifs is 1. The van der Waals surface area contributed by atoms with E-state index >= 15 is 0 Å². The zero-order valence-electron chi connectivity index (χ0n) is 17.0. The van der Waals surface area contributed by atoms with Gasteiger partial charge in [0.25, 0.3) is 0 Å². The molecule has 0 saturated carbocycles. The standard InChI is InChI=1S/C24H26N6/c1-2-6-19(7-3-1)15-26-22-10-11-23-27-24(28-30(23)18-22)21-9-5-13-29(17-21)16-20-8-4-12-25-14-20/h1-4,6-8,10-12,14,18,21,26H,5,9,13,15-17H2. The number of aromatic nitrogens is 4. The number of hydrogen-bond acceptors (Lipinski definition) is 5. The number of hydrogen-bond donors (Lipinski definition) is 1. The van der Waals surface area contributed by atoms with Crippen LogP contribution in [0.5, 0.6) is 0 Å². The first-order valence-corrected chi connectivity index (χ1v) is 10.6. The maximum atomic E-state index is 4.82. The number of rotatable bonds is 6. The van der Waals surface area contributed by atoms with Gasteiger partial charge >= 0.3 is 0 Å². The molecule has 6 nitrogen and oxygen atoms in total. The second-order valence-electron chi connectivity index (χ2n) is 7.97. The van der Waals surface area contributed by atoms with E-state index in [9.17, 15) is 0 Å². The van der Waals surface area contributed by atoms with E-state index in [1.807, 2.05) is 41.3 Å². The van der Waals surface area contributed by atoms with Crippen LogP contribution in [0.25, 0.3) is 5.65 Å². The van der Waals surface area contributed by atoms with Gasteiger partial charge in [0.15, 0.2) is 11.5 Å². The van der Waals surface area contributed by atoms with Crippen molar-refractivity contribution >= 4 is 11.3 Å². The fourth-order valence-corrected chi connectivity index (χ4v) is 4.14. The van der Waals surface area contributed by atoms with Crippen molar-refractivity contribution in [1.29, 1.82) is 0 Å². The number of nitrogens with one attached hydrogen (secondary N) is 1. The van der Waals surface area contributed by atoms with Crippen LogP contribution in [0.2, 0.25) is 0 Å². The van der Waals surface area contributed by atoms with Crippen molar-refractivity contribution in [3.05, 3.63) is 90.1 Å². The molecule has 0 bridgehead atoms. The van der Waals surface area contributed by atoms with Gasteiger partial charge in [0.1, 0.15) is 0 Å². The lowest BCUT2D eigenvalue weighted by atomic mass is 9.97. The smallest absolute Gasteiger partial charge is 0.156 e. The number of nitrogens with zero attached hydrogens (tertiary/aromatic N) is 5. The highest BCUT2D eigenvalue weighted by atomic mass is 15.3. The second-order valence-corrected chi connectivity index (χ2v) is 7.97. The Kier molecular flexibility index (Phi) is 5.40. The summed E-state index contributed by atoms with van der Waals surface area (Å²) >= 11 is 0. The molecule has 1 saturated heterocycles. The van der Waals surface area contributed by atoms with Crippen molar-refractivity contribution in [1.82, 2.24) is 24.5 Å². The minimum absolute atomic E-state index is 0.371. The lowest BCUT2D eigenvalue weighted by Crippen LogP contribution is -2.34. The fraction of sp³-hybridized carbons (Fsp3) is 0.292. The predicted octanol–water partition coefficient (Wildman–Crippen LogP) is 4.12. The van der Waals surface area contributed by atoms with Crippen LogP contribution in [-0.2, 0) is 13.1 Å². The molecule has 3 aromatic heterocycles. The van der Waals surface area contributed by atoms with Crippen LogP contribution in [0, 0.1) is 0 Å². The summed E-state index contributed by atoms with van der Waals surface area (Å²) in [7, 11) is 0. The molecule has 4 aromatic rings. The normalized spacial score (nSPS) is 17.3. The first-order chi connectivity index (χ1) is 14.8. The molecule has 1 aliphatic heterocycles. The topological polar surface area (TPSA) is 58.4 Å². The van der Waals surface area contributed by atoms with Gasteiger partial charge in [-0.3, -0.25) is 9.88 Å². The summed E-state index contributed by atoms with van der Waals surface area (Å²) < 4.78 is 1.91. The number of benzene rings is 1. The Morgan fingerprint density at radius 1 is 1.00 bits per heavy atom. The van der Waals surface area contributed by atoms with Crippen molar-refractivity contribution < 1.29 is 0 Å². The highest BCUT2D eigenvalue weighted by molar-refractivity contribution is 5.49. The molecule has 0 spiro atoms. The SMILES string of the molecule is c1ccc(CNc2ccc3nc(C4CCCN(Cc5cccnc5)C4)nn3c2)cc1. The van der Waals surface area contributed by atoms with Crippen LogP contribution in [0.3, 0.4) is 0 Å². The molecule has 152 valence electrons. The molecular formula is C24H26N6. The number of piperidine rings is 1. The van der Waals surface area contributed by atoms with Gasteiger partial charge in [-0.2, -0.15) is 5.10 Å². The fourth-order valence-electron chi connectivity index (χ4n) is 4.14. The van der Waals surface area contributed by atoms with E-state index in [-0.39, 0.29) is 0 Å². The van der Waals surface area contributed by atoms with E-state index in [2.05, 4.69) is 51.6 Å². The van der Waals surface area contributed by atoms with Gasteiger partial charge in [0, 0.05) is 37.9 Å². The molecule has 1 unspecified atom stereocenters. The lowest BCUT2D eigenvalue weighted by molar-refractivity contribution is 0.196. The molecule has 5 rings (SSSR count). The Balaban J connectivity index is 1.27. The van der Waals surface area contributed by atoms with Crippen LogP contribution in [-0.4, -0.2) is 37.6 Å². The van der Waals surface area contributed by atoms with E-state index in [1.165, 1.54) is 17.5 Å². The Labute approximate surface area is 176 Å². The Hall–Kier alpha value is -3.25. The van der Waals surface area contributed by atoms with Gasteiger partial charge in [-0.1, -0.05) is 36.4 Å². The average molecular weight is 399 g/mol. The number of pyridine rings is 2. The third-order valence-corrected chi connectivity index (χ3v) is 5.69. The minimum atomic E-state index is 0.371. The van der Waals surface area contributed by atoms with E-state index in [4.69, 9.17) is 10.1 Å². The third-order valence-electron chi connectivity index (χ3n) is 5.69. The third kappa shape index (κ3) is 4.33. The molecule has 30 heavy (non-hydrogen) atoms. The summed E-state index contributed by atoms with van der Waals surface area (Å²) in [5, 5.41) is 8.29. The van der Waals surface area contributed by atoms with Crippen molar-refractivity contribution in [3.63, 3.8) is 0 Å². The highest BCUT2D eigenvalue weighted by Crippen LogP contribution is 2.26. The van der Waals surface area contributed by atoms with Crippen LogP contribution >= 0.6 is 0 Å². The summed E-state index contributed by atoms with van der Waals surface area (Å²) in [5.74, 6) is 1.32. The largest absolute Gasteiger partial charge is 0.380 e. The lowest BCUT2D eigenvalue weighted by Gasteiger charge is -2.31. The zero-order chi connectivity index (χ0) is 20.2. The summed E-state index contributed by atoms with van der Waals surface area (Å²) in [6, 6.07) is 18.7. The van der Waals surface area contributed by atoms with E-state index in [1.54, 1.807) is 0 Å². The number of anilines is 1. The molecular weight excluding hydrogens is 372 g/mol. The predicted molar refractivity (Wildman–Crippen MR) is 118 cm³/mol. The molecule has 6 heteroatoms. The Bertz CT molecular complexity index is 1090. The molecule has 0 aliphatic carbocycles. The maximum absolute atomic E-state index is 4.82. The van der Waals surface area contributed by atoms with E-state index in [0.717, 1.165) is 49.8 Å². The van der Waals surface area contributed by atoms with Crippen LogP contribution in [0.1, 0.15) is 35.7 Å². The second kappa shape index (κ2) is 8.63. The van der Waals surface area contributed by atoms with Crippen LogP contribution in [0.4, 0.5) is 5.69 Å².